The van der Waals surface area contributed by atoms with Crippen molar-refractivity contribution >= 4 is 17.4 Å². The smallest absolute Gasteiger partial charge is 0.150 e. The lowest BCUT2D eigenvalue weighted by molar-refractivity contribution is -0.118. The highest BCUT2D eigenvalue weighted by molar-refractivity contribution is 6.31. The van der Waals surface area contributed by atoms with Gasteiger partial charge < -0.3 is 4.74 Å². The van der Waals surface area contributed by atoms with Crippen LogP contribution in [-0.2, 0) is 4.79 Å². The van der Waals surface area contributed by atoms with Crippen LogP contribution in [0.25, 0.3) is 0 Å². The van der Waals surface area contributed by atoms with E-state index in [0.29, 0.717) is 17.4 Å². The summed E-state index contributed by atoms with van der Waals surface area (Å²) in [4.78, 5) is 11.0. The van der Waals surface area contributed by atoms with Crippen LogP contribution in [-0.4, -0.2) is 12.4 Å². The summed E-state index contributed by atoms with van der Waals surface area (Å²) in [5, 5.41) is 8.98. The zero-order valence-corrected chi connectivity index (χ0v) is 9.75. The maximum atomic E-state index is 11.0. The van der Waals surface area contributed by atoms with E-state index in [4.69, 9.17) is 21.6 Å². The fourth-order valence-corrected chi connectivity index (χ4v) is 1.28. The average molecular weight is 238 g/mol. The molecule has 0 spiro atoms. The Morgan fingerprint density at radius 1 is 1.56 bits per heavy atom. The molecule has 0 N–H and O–H groups in total. The molecule has 1 aromatic rings. The van der Waals surface area contributed by atoms with Gasteiger partial charge in [-0.05, 0) is 30.7 Å². The summed E-state index contributed by atoms with van der Waals surface area (Å²) in [5.74, 6) is 0.583. The van der Waals surface area contributed by atoms with Crippen LogP contribution < -0.4 is 4.74 Å². The molecule has 3 nitrogen and oxygen atoms in total. The van der Waals surface area contributed by atoms with Gasteiger partial charge in [-0.3, -0.25) is 4.79 Å². The van der Waals surface area contributed by atoms with Crippen molar-refractivity contribution in [2.75, 3.05) is 6.61 Å². The van der Waals surface area contributed by atoms with E-state index in [1.165, 1.54) is 0 Å². The molecule has 0 bridgehead atoms. The van der Waals surface area contributed by atoms with Gasteiger partial charge in [-0.1, -0.05) is 11.6 Å². The molecule has 84 valence electrons. The lowest BCUT2D eigenvalue weighted by Gasteiger charge is -2.06. The third-order valence-corrected chi connectivity index (χ3v) is 2.48. The number of aryl methyl sites for hydroxylation is 1. The summed E-state index contributed by atoms with van der Waals surface area (Å²) in [6.07, 6.45) is 0.207. The fourth-order valence-electron chi connectivity index (χ4n) is 1.17. The monoisotopic (exact) mass is 237 g/mol. The Bertz CT molecular complexity index is 424. The van der Waals surface area contributed by atoms with E-state index in [2.05, 4.69) is 0 Å². The van der Waals surface area contributed by atoms with Crippen LogP contribution in [0.5, 0.6) is 5.75 Å². The van der Waals surface area contributed by atoms with Gasteiger partial charge in [0.2, 0.25) is 0 Å². The second kappa shape index (κ2) is 6.14. The molecule has 4 heteroatoms. The maximum absolute atomic E-state index is 11.0. The van der Waals surface area contributed by atoms with E-state index in [1.807, 2.05) is 19.1 Å². The number of ether oxygens (including phenoxy) is 1. The summed E-state index contributed by atoms with van der Waals surface area (Å²) in [7, 11) is 0. The van der Waals surface area contributed by atoms with Crippen LogP contribution in [0.4, 0.5) is 0 Å². The Morgan fingerprint density at radius 2 is 2.31 bits per heavy atom. The van der Waals surface area contributed by atoms with Gasteiger partial charge in [0.05, 0.1) is 19.1 Å². The summed E-state index contributed by atoms with van der Waals surface area (Å²) in [6.45, 7) is 2.18. The molecule has 0 aliphatic carbocycles. The first-order valence-electron chi connectivity index (χ1n) is 4.91. The van der Waals surface area contributed by atoms with Gasteiger partial charge in [-0.2, -0.15) is 5.26 Å². The van der Waals surface area contributed by atoms with Crippen LogP contribution in [0.2, 0.25) is 5.02 Å². The lowest BCUT2D eigenvalue weighted by atomic mass is 10.2. The molecule has 0 aliphatic heterocycles. The lowest BCUT2D eigenvalue weighted by Crippen LogP contribution is -2.05. The molecule has 0 amide bonds. The maximum Gasteiger partial charge on any atom is 0.150 e. The van der Waals surface area contributed by atoms with Crippen LogP contribution in [0.15, 0.2) is 18.2 Å². The number of halogens is 1. The van der Waals surface area contributed by atoms with Crippen molar-refractivity contribution in [2.45, 2.75) is 19.8 Å². The highest BCUT2D eigenvalue weighted by Gasteiger charge is 2.02. The third-order valence-electron chi connectivity index (χ3n) is 2.06. The van der Waals surface area contributed by atoms with Gasteiger partial charge in [0, 0.05) is 11.4 Å². The molecule has 0 unspecified atom stereocenters. The number of nitriles is 1. The Kier molecular flexibility index (Phi) is 4.81. The van der Waals surface area contributed by atoms with Crippen LogP contribution in [0, 0.1) is 18.3 Å². The quantitative estimate of drug-likeness (QED) is 0.791. The first kappa shape index (κ1) is 12.5. The van der Waals surface area contributed by atoms with E-state index in [-0.39, 0.29) is 18.6 Å². The van der Waals surface area contributed by atoms with Crippen molar-refractivity contribution in [3.05, 3.63) is 28.8 Å². The predicted octanol–water partition coefficient (Wildman–Crippen LogP) is 2.90. The van der Waals surface area contributed by atoms with Gasteiger partial charge in [0.15, 0.2) is 0 Å². The molecule has 0 radical (unpaired) electrons. The summed E-state index contributed by atoms with van der Waals surface area (Å²) in [5.41, 5.74) is 0.933. The number of carbonyl (C=O) groups excluding carboxylic acids is 1. The fraction of sp³-hybridized carbons (Fsp3) is 0.333. The Labute approximate surface area is 99.6 Å². The van der Waals surface area contributed by atoms with Crippen LogP contribution >= 0.6 is 11.6 Å². The molecule has 1 aromatic carbocycles. The van der Waals surface area contributed by atoms with E-state index in [1.54, 1.807) is 12.1 Å². The minimum atomic E-state index is -0.104. The highest BCUT2D eigenvalue weighted by Crippen LogP contribution is 2.21. The third kappa shape index (κ3) is 3.92. The Morgan fingerprint density at radius 3 is 2.94 bits per heavy atom. The Balaban J connectivity index is 2.41. The molecule has 0 atom stereocenters. The molecular formula is C12H12ClNO2. The van der Waals surface area contributed by atoms with Gasteiger partial charge in [-0.25, -0.2) is 0 Å². The minimum absolute atomic E-state index is 0.0526. The summed E-state index contributed by atoms with van der Waals surface area (Å²) < 4.78 is 5.37. The highest BCUT2D eigenvalue weighted by atomic mass is 35.5. The van der Waals surface area contributed by atoms with Crippen molar-refractivity contribution in [1.29, 1.82) is 5.26 Å². The zero-order chi connectivity index (χ0) is 12.0. The standard InChI is InChI=1S/C12H12ClNO2/c1-9-8-11(2-3-12(9)13)16-7-5-10(15)4-6-14/h2-3,8H,4-5,7H2,1H3. The second-order valence-corrected chi connectivity index (χ2v) is 3.79. The average Bonchev–Trinajstić information content (AvgIpc) is 2.24. The molecule has 0 saturated carbocycles. The van der Waals surface area contributed by atoms with Gasteiger partial charge >= 0.3 is 0 Å². The number of nitrogens with zero attached hydrogens (tertiary/aromatic N) is 1. The minimum Gasteiger partial charge on any atom is -0.493 e. The Hall–Kier alpha value is -1.53. The van der Waals surface area contributed by atoms with Crippen molar-refractivity contribution < 1.29 is 9.53 Å². The van der Waals surface area contributed by atoms with Crippen molar-refractivity contribution in [2.24, 2.45) is 0 Å². The molecule has 16 heavy (non-hydrogen) atoms. The van der Waals surface area contributed by atoms with Crippen LogP contribution in [0.3, 0.4) is 0 Å². The molecule has 0 aliphatic rings. The first-order valence-corrected chi connectivity index (χ1v) is 5.29. The molecule has 0 fully saturated rings. The number of hydrogen-bond donors (Lipinski definition) is 0. The predicted molar refractivity (Wildman–Crippen MR) is 61.5 cm³/mol. The topological polar surface area (TPSA) is 50.1 Å². The number of benzene rings is 1. The molecule has 0 heterocycles. The van der Waals surface area contributed by atoms with E-state index >= 15 is 0 Å². The number of carbonyl (C=O) groups is 1. The van der Waals surface area contributed by atoms with Crippen molar-refractivity contribution in [1.82, 2.24) is 0 Å². The molecular weight excluding hydrogens is 226 g/mol. The van der Waals surface area contributed by atoms with Crippen molar-refractivity contribution in [3.8, 4) is 11.8 Å². The van der Waals surface area contributed by atoms with Crippen molar-refractivity contribution in [3.63, 3.8) is 0 Å². The number of ketones is 1. The largest absolute Gasteiger partial charge is 0.493 e. The normalized spacial score (nSPS) is 9.56. The summed E-state index contributed by atoms with van der Waals surface area (Å²) >= 11 is 5.86. The van der Waals surface area contributed by atoms with Gasteiger partial charge in [0.25, 0.3) is 0 Å². The molecule has 0 saturated heterocycles. The molecule has 0 aromatic heterocycles. The first-order chi connectivity index (χ1) is 7.63. The molecule has 1 rings (SSSR count). The second-order valence-electron chi connectivity index (χ2n) is 3.38. The van der Waals surface area contributed by atoms with Crippen LogP contribution in [0.1, 0.15) is 18.4 Å². The van der Waals surface area contributed by atoms with E-state index in [0.717, 1.165) is 5.56 Å². The summed E-state index contributed by atoms with van der Waals surface area (Å²) in [6, 6.07) is 7.13. The van der Waals surface area contributed by atoms with E-state index < -0.39 is 0 Å². The number of Topliss-reactive ketones (excluding diaryl/α,β-unsaturated/α-hetero) is 1. The van der Waals surface area contributed by atoms with E-state index in [9.17, 15) is 4.79 Å². The SMILES string of the molecule is Cc1cc(OCCC(=O)CC#N)ccc1Cl. The number of hydrogen-bond acceptors (Lipinski definition) is 3. The van der Waals surface area contributed by atoms with Gasteiger partial charge in [-0.15, -0.1) is 0 Å². The number of rotatable bonds is 5. The van der Waals surface area contributed by atoms with Gasteiger partial charge in [0.1, 0.15) is 11.5 Å². The zero-order valence-electron chi connectivity index (χ0n) is 9.00.